The predicted octanol–water partition coefficient (Wildman–Crippen LogP) is 2.69. The zero-order valence-corrected chi connectivity index (χ0v) is 18.2. The highest BCUT2D eigenvalue weighted by atomic mass is 16.5. The highest BCUT2D eigenvalue weighted by molar-refractivity contribution is 5.99. The maximum Gasteiger partial charge on any atom is 0.291 e. The van der Waals surface area contributed by atoms with Gasteiger partial charge in [0, 0.05) is 13.2 Å². The molecular weight excluding hydrogens is 424 g/mol. The normalized spacial score (nSPS) is 19.8. The molecule has 8 heteroatoms. The Morgan fingerprint density at radius 3 is 2.67 bits per heavy atom. The van der Waals surface area contributed by atoms with E-state index in [1.807, 2.05) is 13.0 Å². The van der Waals surface area contributed by atoms with E-state index in [9.17, 15) is 14.4 Å². The number of carbonyl (C=O) groups is 2. The van der Waals surface area contributed by atoms with Crippen LogP contribution in [-0.4, -0.2) is 42.6 Å². The number of benzene rings is 2. The van der Waals surface area contributed by atoms with Gasteiger partial charge in [-0.25, -0.2) is 0 Å². The van der Waals surface area contributed by atoms with Gasteiger partial charge in [0.1, 0.15) is 11.3 Å². The van der Waals surface area contributed by atoms with Crippen LogP contribution in [0.4, 0.5) is 0 Å². The molecule has 1 aromatic heterocycles. The molecule has 0 aliphatic carbocycles. The third kappa shape index (κ3) is 3.87. The fraction of sp³-hybridized carbons (Fsp3) is 0.320. The molecule has 0 bridgehead atoms. The number of carbonyl (C=O) groups excluding carboxylic acids is 2. The van der Waals surface area contributed by atoms with Crippen molar-refractivity contribution in [1.82, 2.24) is 4.90 Å². The molecule has 170 valence electrons. The Morgan fingerprint density at radius 2 is 1.97 bits per heavy atom. The number of nitrogens with zero attached hydrogens (tertiary/aromatic N) is 1. The molecule has 2 N–H and O–H groups in total. The van der Waals surface area contributed by atoms with Gasteiger partial charge in [0.2, 0.25) is 5.76 Å². The third-order valence-electron chi connectivity index (χ3n) is 6.12. The number of ether oxygens (including phenoxy) is 2. The lowest BCUT2D eigenvalue weighted by atomic mass is 9.98. The second-order valence-electron chi connectivity index (χ2n) is 8.49. The average Bonchev–Trinajstić information content (AvgIpc) is 3.41. The lowest BCUT2D eigenvalue weighted by Crippen LogP contribution is -2.36. The molecule has 0 unspecified atom stereocenters. The van der Waals surface area contributed by atoms with Crippen LogP contribution in [0, 0.1) is 6.92 Å². The number of aryl methyl sites for hydroxylation is 1. The van der Waals surface area contributed by atoms with Gasteiger partial charge in [-0.05, 0) is 49.6 Å². The standard InChI is InChI=1S/C25H24N2O6/c1-14-4-9-19-18(11-14)23(29)21-22(15-5-7-16(8-6-15)32-13-20(26)28)27(25(30)24(21)33-19)12-17-3-2-10-31-17/h4-9,11,17,22H,2-3,10,12-13H2,1H3,(H2,26,28)/t17-,22+/m1/s1. The van der Waals surface area contributed by atoms with Crippen LogP contribution in [-0.2, 0) is 9.53 Å². The second kappa shape index (κ2) is 8.37. The largest absolute Gasteiger partial charge is 0.484 e. The van der Waals surface area contributed by atoms with E-state index in [0.717, 1.165) is 24.0 Å². The highest BCUT2D eigenvalue weighted by Crippen LogP contribution is 2.39. The van der Waals surface area contributed by atoms with Gasteiger partial charge in [-0.3, -0.25) is 14.4 Å². The van der Waals surface area contributed by atoms with Crippen LogP contribution in [0.5, 0.6) is 5.75 Å². The molecule has 2 aliphatic rings. The molecule has 1 fully saturated rings. The van der Waals surface area contributed by atoms with Crippen LogP contribution in [0.1, 0.15) is 46.1 Å². The Morgan fingerprint density at radius 1 is 1.18 bits per heavy atom. The SMILES string of the molecule is Cc1ccc2oc3c(c(=O)c2c1)[C@H](c1ccc(OCC(N)=O)cc1)N(C[C@H]1CCCO1)C3=O. The van der Waals surface area contributed by atoms with E-state index < -0.39 is 11.9 Å². The quantitative estimate of drug-likeness (QED) is 0.621. The molecule has 0 saturated carbocycles. The Bertz CT molecular complexity index is 1290. The van der Waals surface area contributed by atoms with Crippen molar-refractivity contribution in [3.63, 3.8) is 0 Å². The molecule has 2 aromatic carbocycles. The zero-order valence-electron chi connectivity index (χ0n) is 18.2. The first-order valence-corrected chi connectivity index (χ1v) is 10.9. The first-order valence-electron chi connectivity index (χ1n) is 10.9. The van der Waals surface area contributed by atoms with E-state index in [0.29, 0.717) is 35.4 Å². The molecule has 3 heterocycles. The van der Waals surface area contributed by atoms with Crippen molar-refractivity contribution in [2.75, 3.05) is 19.8 Å². The summed E-state index contributed by atoms with van der Waals surface area (Å²) in [6.07, 6.45) is 1.71. The summed E-state index contributed by atoms with van der Waals surface area (Å²) in [5, 5.41) is 0.451. The molecule has 0 spiro atoms. The van der Waals surface area contributed by atoms with E-state index in [4.69, 9.17) is 19.6 Å². The van der Waals surface area contributed by atoms with Crippen LogP contribution in [0.3, 0.4) is 0 Å². The summed E-state index contributed by atoms with van der Waals surface area (Å²) in [4.78, 5) is 39.7. The lowest BCUT2D eigenvalue weighted by Gasteiger charge is -2.27. The summed E-state index contributed by atoms with van der Waals surface area (Å²) in [5.74, 6) is -0.349. The molecule has 0 radical (unpaired) electrons. The Labute approximate surface area is 189 Å². The van der Waals surface area contributed by atoms with E-state index >= 15 is 0 Å². The summed E-state index contributed by atoms with van der Waals surface area (Å²) >= 11 is 0. The van der Waals surface area contributed by atoms with Crippen LogP contribution >= 0.6 is 0 Å². The van der Waals surface area contributed by atoms with Gasteiger partial charge in [0.15, 0.2) is 12.0 Å². The molecule has 5 rings (SSSR count). The number of hydrogen-bond donors (Lipinski definition) is 1. The number of hydrogen-bond acceptors (Lipinski definition) is 6. The van der Waals surface area contributed by atoms with Crippen LogP contribution in [0.25, 0.3) is 11.0 Å². The van der Waals surface area contributed by atoms with E-state index in [-0.39, 0.29) is 29.8 Å². The zero-order chi connectivity index (χ0) is 23.1. The van der Waals surface area contributed by atoms with Gasteiger partial charge in [0.05, 0.1) is 23.1 Å². The van der Waals surface area contributed by atoms with Crippen molar-refractivity contribution in [3.05, 3.63) is 75.1 Å². The number of nitrogens with two attached hydrogens (primary N) is 1. The summed E-state index contributed by atoms with van der Waals surface area (Å²) in [7, 11) is 0. The van der Waals surface area contributed by atoms with Crippen LogP contribution in [0.2, 0.25) is 0 Å². The topological polar surface area (TPSA) is 112 Å². The van der Waals surface area contributed by atoms with E-state index in [2.05, 4.69) is 0 Å². The van der Waals surface area contributed by atoms with Gasteiger partial charge in [-0.1, -0.05) is 23.8 Å². The number of fused-ring (bicyclic) bond motifs is 2. The van der Waals surface area contributed by atoms with Gasteiger partial charge in [-0.15, -0.1) is 0 Å². The van der Waals surface area contributed by atoms with Crippen LogP contribution < -0.4 is 15.9 Å². The minimum Gasteiger partial charge on any atom is -0.484 e. The second-order valence-corrected chi connectivity index (χ2v) is 8.49. The van der Waals surface area contributed by atoms with Gasteiger partial charge in [-0.2, -0.15) is 0 Å². The van der Waals surface area contributed by atoms with Gasteiger partial charge < -0.3 is 24.5 Å². The molecule has 33 heavy (non-hydrogen) atoms. The van der Waals surface area contributed by atoms with Gasteiger partial charge in [0.25, 0.3) is 11.8 Å². The Kier molecular flexibility index (Phi) is 5.38. The van der Waals surface area contributed by atoms with Crippen molar-refractivity contribution >= 4 is 22.8 Å². The molecule has 1 saturated heterocycles. The molecule has 2 aliphatic heterocycles. The van der Waals surface area contributed by atoms with Crippen molar-refractivity contribution in [2.24, 2.45) is 5.73 Å². The summed E-state index contributed by atoms with van der Waals surface area (Å²) in [6.45, 7) is 2.70. The molecule has 2 atom stereocenters. The minimum absolute atomic E-state index is 0.0772. The Balaban J connectivity index is 1.60. The molecule has 2 amide bonds. The lowest BCUT2D eigenvalue weighted by molar-refractivity contribution is -0.119. The molecule has 3 aromatic rings. The van der Waals surface area contributed by atoms with Crippen molar-refractivity contribution in [2.45, 2.75) is 31.9 Å². The summed E-state index contributed by atoms with van der Waals surface area (Å²) < 4.78 is 17.1. The van der Waals surface area contributed by atoms with E-state index in [1.165, 1.54) is 0 Å². The highest BCUT2D eigenvalue weighted by Gasteiger charge is 2.43. The van der Waals surface area contributed by atoms with Crippen molar-refractivity contribution in [3.8, 4) is 5.75 Å². The summed E-state index contributed by atoms with van der Waals surface area (Å²) in [5.41, 5.74) is 7.33. The van der Waals surface area contributed by atoms with Crippen molar-refractivity contribution < 1.29 is 23.5 Å². The fourth-order valence-corrected chi connectivity index (χ4v) is 4.58. The smallest absolute Gasteiger partial charge is 0.291 e. The number of amides is 2. The van der Waals surface area contributed by atoms with Crippen LogP contribution in [0.15, 0.2) is 51.7 Å². The first-order chi connectivity index (χ1) is 15.9. The predicted molar refractivity (Wildman–Crippen MR) is 120 cm³/mol. The fourth-order valence-electron chi connectivity index (χ4n) is 4.58. The van der Waals surface area contributed by atoms with Crippen molar-refractivity contribution in [1.29, 1.82) is 0 Å². The summed E-state index contributed by atoms with van der Waals surface area (Å²) in [6, 6.07) is 11.7. The van der Waals surface area contributed by atoms with E-state index in [1.54, 1.807) is 41.3 Å². The minimum atomic E-state index is -0.608. The monoisotopic (exact) mass is 448 g/mol. The van der Waals surface area contributed by atoms with Gasteiger partial charge >= 0.3 is 0 Å². The average molecular weight is 448 g/mol. The Hall–Kier alpha value is -3.65. The molecular formula is C25H24N2O6. The third-order valence-corrected chi connectivity index (χ3v) is 6.12. The maximum atomic E-state index is 13.6. The number of rotatable bonds is 6. The maximum absolute atomic E-state index is 13.6. The number of primary amides is 1. The first kappa shape index (κ1) is 21.2. The molecule has 8 nitrogen and oxygen atoms in total.